The minimum absolute atomic E-state index is 0.0507. The van der Waals surface area contributed by atoms with Gasteiger partial charge < -0.3 is 15.2 Å². The van der Waals surface area contributed by atoms with Crippen molar-refractivity contribution in [2.24, 2.45) is 0 Å². The van der Waals surface area contributed by atoms with Gasteiger partial charge in [-0.3, -0.25) is 4.79 Å². The Labute approximate surface area is 137 Å². The molecule has 126 valence electrons. The molecule has 1 amide bonds. The Morgan fingerprint density at radius 3 is 2.92 bits per heavy atom. The van der Waals surface area contributed by atoms with Gasteiger partial charge in [-0.05, 0) is 23.3 Å². The van der Waals surface area contributed by atoms with Crippen molar-refractivity contribution in [2.45, 2.75) is 25.0 Å². The molecule has 2 N–H and O–H groups in total. The van der Waals surface area contributed by atoms with Crippen molar-refractivity contribution in [3.05, 3.63) is 59.3 Å². The van der Waals surface area contributed by atoms with Crippen LogP contribution in [0.5, 0.6) is 5.88 Å². The van der Waals surface area contributed by atoms with E-state index < -0.39 is 31.1 Å². The predicted octanol–water partition coefficient (Wildman–Crippen LogP) is 2.11. The molecular weight excluding hydrogens is 318 g/mol. The van der Waals surface area contributed by atoms with Gasteiger partial charge in [-0.2, -0.15) is 0 Å². The van der Waals surface area contributed by atoms with E-state index in [-0.39, 0.29) is 11.4 Å². The number of aliphatic hydroxyl groups excluding tert-OH is 1. The number of alkyl halides is 2. The van der Waals surface area contributed by atoms with Crippen LogP contribution in [0.15, 0.2) is 42.6 Å². The van der Waals surface area contributed by atoms with E-state index in [2.05, 4.69) is 10.3 Å². The number of benzene rings is 1. The predicted molar refractivity (Wildman–Crippen MR) is 82.1 cm³/mol. The molecule has 0 aliphatic heterocycles. The zero-order valence-electron chi connectivity index (χ0n) is 12.7. The second kappa shape index (κ2) is 6.92. The van der Waals surface area contributed by atoms with Gasteiger partial charge in [0.05, 0.1) is 12.1 Å². The van der Waals surface area contributed by atoms with E-state index in [0.717, 1.165) is 11.1 Å². The van der Waals surface area contributed by atoms with Crippen molar-refractivity contribution in [1.29, 1.82) is 0 Å². The first-order chi connectivity index (χ1) is 11.6. The van der Waals surface area contributed by atoms with Gasteiger partial charge in [-0.15, -0.1) is 0 Å². The Bertz CT molecular complexity index is 739. The lowest BCUT2D eigenvalue weighted by Crippen LogP contribution is -2.34. The van der Waals surface area contributed by atoms with Crippen molar-refractivity contribution in [2.75, 3.05) is 6.61 Å². The number of aliphatic hydroxyl groups is 1. The number of pyridine rings is 1. The molecule has 24 heavy (non-hydrogen) atoms. The molecule has 2 atom stereocenters. The maximum Gasteiger partial charge on any atom is 0.272 e. The molecule has 7 heteroatoms. The van der Waals surface area contributed by atoms with Crippen molar-refractivity contribution in [3.8, 4) is 5.88 Å². The molecule has 2 aromatic rings. The van der Waals surface area contributed by atoms with E-state index in [1.165, 1.54) is 18.3 Å². The van der Waals surface area contributed by atoms with E-state index in [1.807, 2.05) is 24.3 Å². The van der Waals surface area contributed by atoms with Gasteiger partial charge in [0.15, 0.2) is 6.61 Å². The number of halogens is 2. The summed E-state index contributed by atoms with van der Waals surface area (Å²) in [6, 6.07) is 9.83. The molecule has 0 fully saturated rings. The van der Waals surface area contributed by atoms with E-state index >= 15 is 0 Å². The summed E-state index contributed by atoms with van der Waals surface area (Å²) in [5, 5.41) is 12.9. The molecule has 3 rings (SSSR count). The molecule has 1 aromatic heterocycles. The second-order valence-corrected chi connectivity index (χ2v) is 5.48. The van der Waals surface area contributed by atoms with Crippen LogP contribution >= 0.6 is 0 Å². The number of ether oxygens (including phenoxy) is 1. The third-order valence-corrected chi connectivity index (χ3v) is 3.85. The van der Waals surface area contributed by atoms with Crippen molar-refractivity contribution in [1.82, 2.24) is 10.3 Å². The van der Waals surface area contributed by atoms with Gasteiger partial charge in [0.25, 0.3) is 12.3 Å². The number of hydrogen-bond donors (Lipinski definition) is 2. The van der Waals surface area contributed by atoms with Crippen molar-refractivity contribution >= 4 is 5.91 Å². The number of carbonyl (C=O) groups is 1. The summed E-state index contributed by atoms with van der Waals surface area (Å²) < 4.78 is 29.5. The first-order valence-corrected chi connectivity index (χ1v) is 7.49. The molecule has 0 saturated heterocycles. The number of carbonyl (C=O) groups excluding carboxylic acids is 1. The highest BCUT2D eigenvalue weighted by atomic mass is 19.3. The maximum atomic E-state index is 12.5. The molecule has 1 heterocycles. The summed E-state index contributed by atoms with van der Waals surface area (Å²) in [7, 11) is 0. The molecule has 1 aliphatic rings. The van der Waals surface area contributed by atoms with E-state index in [4.69, 9.17) is 4.74 Å². The zero-order chi connectivity index (χ0) is 17.1. The Morgan fingerprint density at radius 1 is 1.33 bits per heavy atom. The molecule has 1 aromatic carbocycles. The lowest BCUT2D eigenvalue weighted by atomic mass is 10.1. The summed E-state index contributed by atoms with van der Waals surface area (Å²) in [6.45, 7) is -0.841. The quantitative estimate of drug-likeness (QED) is 0.879. The molecular formula is C17H16F2N2O3. The van der Waals surface area contributed by atoms with E-state index in [0.29, 0.717) is 6.42 Å². The average molecular weight is 334 g/mol. The Hall–Kier alpha value is -2.54. The average Bonchev–Trinajstić information content (AvgIpc) is 2.89. The normalized spacial score (nSPS) is 19.2. The SMILES string of the molecule is O=C(N[C@H]1c2ccccc2C[C@H]1O)c1cccnc1OCC(F)F. The van der Waals surface area contributed by atoms with Gasteiger partial charge in [0.2, 0.25) is 5.88 Å². The topological polar surface area (TPSA) is 71.5 Å². The van der Waals surface area contributed by atoms with Gasteiger partial charge in [-0.25, -0.2) is 13.8 Å². The molecule has 5 nitrogen and oxygen atoms in total. The number of amides is 1. The van der Waals surface area contributed by atoms with Crippen LogP contribution in [0, 0.1) is 0 Å². The lowest BCUT2D eigenvalue weighted by molar-refractivity contribution is 0.0756. The lowest BCUT2D eigenvalue weighted by Gasteiger charge is -2.18. The zero-order valence-corrected chi connectivity index (χ0v) is 12.7. The maximum absolute atomic E-state index is 12.5. The highest BCUT2D eigenvalue weighted by Gasteiger charge is 2.32. The molecule has 0 spiro atoms. The highest BCUT2D eigenvalue weighted by Crippen LogP contribution is 2.31. The fraction of sp³-hybridized carbons (Fsp3) is 0.294. The Kier molecular flexibility index (Phi) is 4.71. The Balaban J connectivity index is 1.78. The number of rotatable bonds is 5. The number of aromatic nitrogens is 1. The molecule has 0 radical (unpaired) electrons. The summed E-state index contributed by atoms with van der Waals surface area (Å²) in [6.07, 6.45) is -1.60. The Morgan fingerprint density at radius 2 is 2.12 bits per heavy atom. The van der Waals surface area contributed by atoms with Gasteiger partial charge >= 0.3 is 0 Å². The smallest absolute Gasteiger partial charge is 0.272 e. The molecule has 0 unspecified atom stereocenters. The van der Waals surface area contributed by atoms with Gasteiger partial charge in [0.1, 0.15) is 5.56 Å². The minimum Gasteiger partial charge on any atom is -0.471 e. The molecule has 0 bridgehead atoms. The summed E-state index contributed by atoms with van der Waals surface area (Å²) in [5.41, 5.74) is 1.86. The first kappa shape index (κ1) is 16.3. The third kappa shape index (κ3) is 3.35. The van der Waals surface area contributed by atoms with Crippen LogP contribution in [-0.4, -0.2) is 35.1 Å². The third-order valence-electron chi connectivity index (χ3n) is 3.85. The second-order valence-electron chi connectivity index (χ2n) is 5.48. The summed E-state index contributed by atoms with van der Waals surface area (Å²) in [5.74, 6) is -0.691. The molecule has 1 aliphatic carbocycles. The van der Waals surface area contributed by atoms with Crippen LogP contribution in [0.2, 0.25) is 0 Å². The van der Waals surface area contributed by atoms with Crippen LogP contribution < -0.4 is 10.1 Å². The fourth-order valence-corrected chi connectivity index (χ4v) is 2.79. The monoisotopic (exact) mass is 334 g/mol. The van der Waals surface area contributed by atoms with Crippen LogP contribution in [0.4, 0.5) is 8.78 Å². The van der Waals surface area contributed by atoms with Crippen molar-refractivity contribution in [3.63, 3.8) is 0 Å². The first-order valence-electron chi connectivity index (χ1n) is 7.49. The largest absolute Gasteiger partial charge is 0.471 e. The number of fused-ring (bicyclic) bond motifs is 1. The standard InChI is InChI=1S/C17H16F2N2O3/c18-14(19)9-24-17-12(6-3-7-20-17)16(23)21-15-11-5-2-1-4-10(11)8-13(15)22/h1-7,13-15,22H,8-9H2,(H,21,23)/t13-,15+/m1/s1. The number of hydrogen-bond acceptors (Lipinski definition) is 4. The number of nitrogens with one attached hydrogen (secondary N) is 1. The van der Waals surface area contributed by atoms with Crippen molar-refractivity contribution < 1.29 is 23.4 Å². The number of nitrogens with zero attached hydrogens (tertiary/aromatic N) is 1. The minimum atomic E-state index is -2.66. The van der Waals surface area contributed by atoms with Crippen LogP contribution in [-0.2, 0) is 6.42 Å². The molecule has 0 saturated carbocycles. The highest BCUT2D eigenvalue weighted by molar-refractivity contribution is 5.96. The van der Waals surface area contributed by atoms with Gasteiger partial charge in [0, 0.05) is 12.6 Å². The fourth-order valence-electron chi connectivity index (χ4n) is 2.79. The van der Waals surface area contributed by atoms with Crippen LogP contribution in [0.25, 0.3) is 0 Å². The van der Waals surface area contributed by atoms with Gasteiger partial charge in [-0.1, -0.05) is 24.3 Å². The van der Waals surface area contributed by atoms with Crippen LogP contribution in [0.3, 0.4) is 0 Å². The van der Waals surface area contributed by atoms with E-state index in [9.17, 15) is 18.7 Å². The summed E-state index contributed by atoms with van der Waals surface area (Å²) in [4.78, 5) is 16.3. The van der Waals surface area contributed by atoms with Crippen LogP contribution in [0.1, 0.15) is 27.5 Å². The summed E-state index contributed by atoms with van der Waals surface area (Å²) >= 11 is 0. The van der Waals surface area contributed by atoms with E-state index in [1.54, 1.807) is 0 Å².